The van der Waals surface area contributed by atoms with Crippen LogP contribution in [0.5, 0.6) is 0 Å². The lowest BCUT2D eigenvalue weighted by Crippen LogP contribution is -1.99. The lowest BCUT2D eigenvalue weighted by molar-refractivity contribution is 0.0690. The molecule has 0 bridgehead atoms. The van der Waals surface area contributed by atoms with Gasteiger partial charge in [-0.15, -0.1) is 11.3 Å². The number of thiazole rings is 1. The molecule has 0 radical (unpaired) electrons. The monoisotopic (exact) mass is 346 g/mol. The third kappa shape index (κ3) is 2.82. The van der Waals surface area contributed by atoms with Gasteiger partial charge in [-0.05, 0) is 25.1 Å². The van der Waals surface area contributed by atoms with Crippen LogP contribution < -0.4 is 5.32 Å². The van der Waals surface area contributed by atoms with Crippen molar-refractivity contribution in [2.24, 2.45) is 0 Å². The van der Waals surface area contributed by atoms with E-state index in [0.717, 1.165) is 4.47 Å². The van der Waals surface area contributed by atoms with Crippen molar-refractivity contribution in [3.63, 3.8) is 0 Å². The first-order valence-electron chi connectivity index (χ1n) is 4.90. The summed E-state index contributed by atoms with van der Waals surface area (Å²) in [6, 6.07) is 5.37. The molecule has 2 aromatic rings. The van der Waals surface area contributed by atoms with Gasteiger partial charge in [0, 0.05) is 9.35 Å². The minimum absolute atomic E-state index is 0.0635. The average molecular weight is 348 g/mol. The first-order chi connectivity index (χ1) is 8.47. The number of aryl methyl sites for hydroxylation is 1. The molecule has 0 atom stereocenters. The summed E-state index contributed by atoms with van der Waals surface area (Å²) in [5.74, 6) is -1.03. The van der Waals surface area contributed by atoms with E-state index in [-0.39, 0.29) is 5.69 Å². The Morgan fingerprint density at radius 1 is 1.56 bits per heavy atom. The summed E-state index contributed by atoms with van der Waals surface area (Å²) in [5, 5.41) is 13.0. The zero-order valence-corrected chi connectivity index (χ0v) is 12.4. The molecule has 0 spiro atoms. The van der Waals surface area contributed by atoms with Gasteiger partial charge in [-0.3, -0.25) is 0 Å². The average Bonchev–Trinajstić information content (AvgIpc) is 2.65. The molecule has 0 aliphatic carbocycles. The molecule has 0 fully saturated rings. The number of hydrogen-bond acceptors (Lipinski definition) is 4. The Morgan fingerprint density at radius 3 is 2.89 bits per heavy atom. The lowest BCUT2D eigenvalue weighted by Gasteiger charge is -2.05. The van der Waals surface area contributed by atoms with Crippen molar-refractivity contribution in [2.75, 3.05) is 5.32 Å². The maximum Gasteiger partial charge on any atom is 0.355 e. The van der Waals surface area contributed by atoms with Crippen LogP contribution in [0.4, 0.5) is 10.8 Å². The zero-order chi connectivity index (χ0) is 13.3. The molecule has 0 saturated carbocycles. The minimum atomic E-state index is -1.03. The van der Waals surface area contributed by atoms with E-state index in [1.165, 1.54) is 11.3 Å². The Kier molecular flexibility index (Phi) is 3.89. The van der Waals surface area contributed by atoms with Crippen LogP contribution in [0.1, 0.15) is 15.4 Å². The van der Waals surface area contributed by atoms with Gasteiger partial charge in [0.15, 0.2) is 10.8 Å². The third-order valence-electron chi connectivity index (χ3n) is 2.17. The van der Waals surface area contributed by atoms with Crippen LogP contribution in [0.3, 0.4) is 0 Å². The summed E-state index contributed by atoms with van der Waals surface area (Å²) in [6.45, 7) is 1.72. The molecule has 1 aromatic heterocycles. The number of hydrogen-bond donors (Lipinski definition) is 2. The zero-order valence-electron chi connectivity index (χ0n) is 9.20. The van der Waals surface area contributed by atoms with Crippen molar-refractivity contribution in [1.82, 2.24) is 4.98 Å². The number of anilines is 2. The molecule has 2 N–H and O–H groups in total. The number of carboxylic acids is 1. The first kappa shape index (κ1) is 13.3. The molecular formula is C11H8BrClN2O2S. The van der Waals surface area contributed by atoms with Crippen molar-refractivity contribution in [3.05, 3.63) is 38.3 Å². The molecule has 0 amide bonds. The predicted octanol–water partition coefficient (Wildman–Crippen LogP) is 4.31. The largest absolute Gasteiger partial charge is 0.476 e. The van der Waals surface area contributed by atoms with Gasteiger partial charge < -0.3 is 10.4 Å². The molecule has 1 heterocycles. The van der Waals surface area contributed by atoms with E-state index in [0.29, 0.717) is 20.7 Å². The van der Waals surface area contributed by atoms with E-state index in [1.807, 2.05) is 6.07 Å². The van der Waals surface area contributed by atoms with E-state index >= 15 is 0 Å². The van der Waals surface area contributed by atoms with Crippen molar-refractivity contribution >= 4 is 55.7 Å². The number of nitrogens with one attached hydrogen (secondary N) is 1. The molecule has 94 valence electrons. The smallest absolute Gasteiger partial charge is 0.355 e. The maximum atomic E-state index is 10.9. The van der Waals surface area contributed by atoms with Crippen molar-refractivity contribution < 1.29 is 9.90 Å². The number of carbonyl (C=O) groups is 1. The Labute approximate surface area is 121 Å². The van der Waals surface area contributed by atoms with E-state index in [2.05, 4.69) is 26.2 Å². The Hall–Kier alpha value is -1.11. The fourth-order valence-corrected chi connectivity index (χ4v) is 2.70. The topological polar surface area (TPSA) is 62.2 Å². The van der Waals surface area contributed by atoms with Gasteiger partial charge in [-0.25, -0.2) is 9.78 Å². The highest BCUT2D eigenvalue weighted by Gasteiger charge is 2.14. The number of halogens is 2. The summed E-state index contributed by atoms with van der Waals surface area (Å²) >= 11 is 10.7. The maximum absolute atomic E-state index is 10.9. The van der Waals surface area contributed by atoms with Crippen LogP contribution in [0.15, 0.2) is 22.7 Å². The second kappa shape index (κ2) is 5.26. The molecule has 4 nitrogen and oxygen atoms in total. The number of nitrogens with zero attached hydrogens (tertiary/aromatic N) is 1. The van der Waals surface area contributed by atoms with Gasteiger partial charge >= 0.3 is 5.97 Å². The Bertz CT molecular complexity index is 615. The van der Waals surface area contributed by atoms with Crippen LogP contribution in [0.2, 0.25) is 5.02 Å². The number of aromatic nitrogens is 1. The number of aromatic carboxylic acids is 1. The molecule has 1 aromatic carbocycles. The van der Waals surface area contributed by atoms with E-state index < -0.39 is 5.97 Å². The highest BCUT2D eigenvalue weighted by Crippen LogP contribution is 2.31. The third-order valence-corrected chi connectivity index (χ3v) is 3.88. The predicted molar refractivity (Wildman–Crippen MR) is 76.2 cm³/mol. The number of carboxylic acid groups (broad SMARTS) is 1. The second-order valence-electron chi connectivity index (χ2n) is 3.48. The fraction of sp³-hybridized carbons (Fsp3) is 0.0909. The summed E-state index contributed by atoms with van der Waals surface area (Å²) in [6.07, 6.45) is 0. The molecular weight excluding hydrogens is 340 g/mol. The van der Waals surface area contributed by atoms with E-state index in [1.54, 1.807) is 19.1 Å². The van der Waals surface area contributed by atoms with Gasteiger partial charge in [-0.2, -0.15) is 0 Å². The van der Waals surface area contributed by atoms with Crippen LogP contribution >= 0.6 is 38.9 Å². The molecule has 7 heteroatoms. The summed E-state index contributed by atoms with van der Waals surface area (Å²) in [5.41, 5.74) is 0.741. The number of rotatable bonds is 3. The summed E-state index contributed by atoms with van der Waals surface area (Å²) in [7, 11) is 0. The van der Waals surface area contributed by atoms with E-state index in [9.17, 15) is 4.79 Å². The van der Waals surface area contributed by atoms with Gasteiger partial charge in [0.25, 0.3) is 0 Å². The first-order valence-corrected chi connectivity index (χ1v) is 6.89. The van der Waals surface area contributed by atoms with Crippen LogP contribution in [0, 0.1) is 6.92 Å². The minimum Gasteiger partial charge on any atom is -0.476 e. The lowest BCUT2D eigenvalue weighted by atomic mass is 10.3. The van der Waals surface area contributed by atoms with Gasteiger partial charge in [-0.1, -0.05) is 27.5 Å². The standard InChI is InChI=1S/C11H8BrClN2O2S/c1-5-9(10(16)17)15-11(18-5)14-8-4-6(12)2-3-7(8)13/h2-4H,1H3,(H,14,15)(H,16,17). The van der Waals surface area contributed by atoms with E-state index in [4.69, 9.17) is 16.7 Å². The molecule has 2 rings (SSSR count). The van der Waals surface area contributed by atoms with Gasteiger partial charge in [0.1, 0.15) is 0 Å². The van der Waals surface area contributed by atoms with Gasteiger partial charge in [0.05, 0.1) is 10.7 Å². The van der Waals surface area contributed by atoms with Crippen molar-refractivity contribution in [1.29, 1.82) is 0 Å². The molecule has 0 saturated heterocycles. The van der Waals surface area contributed by atoms with Crippen LogP contribution in [0.25, 0.3) is 0 Å². The molecule has 0 aliphatic rings. The highest BCUT2D eigenvalue weighted by atomic mass is 79.9. The Morgan fingerprint density at radius 2 is 2.28 bits per heavy atom. The molecule has 18 heavy (non-hydrogen) atoms. The summed E-state index contributed by atoms with van der Waals surface area (Å²) < 4.78 is 0.876. The summed E-state index contributed by atoms with van der Waals surface area (Å²) in [4.78, 5) is 15.5. The second-order valence-corrected chi connectivity index (χ2v) is 6.00. The van der Waals surface area contributed by atoms with Crippen molar-refractivity contribution in [2.45, 2.75) is 6.92 Å². The van der Waals surface area contributed by atoms with Crippen LogP contribution in [-0.2, 0) is 0 Å². The SMILES string of the molecule is Cc1sc(Nc2cc(Br)ccc2Cl)nc1C(=O)O. The van der Waals surface area contributed by atoms with Crippen LogP contribution in [-0.4, -0.2) is 16.1 Å². The normalized spacial score (nSPS) is 10.4. The molecule has 0 unspecified atom stereocenters. The number of benzene rings is 1. The fourth-order valence-electron chi connectivity index (χ4n) is 1.36. The molecule has 0 aliphatic heterocycles. The van der Waals surface area contributed by atoms with Crippen molar-refractivity contribution in [3.8, 4) is 0 Å². The Balaban J connectivity index is 2.31. The van der Waals surface area contributed by atoms with Gasteiger partial charge in [0.2, 0.25) is 0 Å². The quantitative estimate of drug-likeness (QED) is 0.868. The highest BCUT2D eigenvalue weighted by molar-refractivity contribution is 9.10.